The molecule has 2 amide bonds. The Morgan fingerprint density at radius 1 is 0.656 bits per heavy atom. The van der Waals surface area contributed by atoms with Crippen LogP contribution in [0.25, 0.3) is 0 Å². The molecule has 3 aromatic carbocycles. The Hall–Kier alpha value is -4.46. The fourth-order valence-corrected chi connectivity index (χ4v) is 2.88. The van der Waals surface area contributed by atoms with Crippen molar-refractivity contribution in [1.82, 2.24) is 10.9 Å². The lowest BCUT2D eigenvalue weighted by Crippen LogP contribution is -2.22. The number of carbonyl (C=O) groups excluding carboxylic acids is 2. The molecule has 8 nitrogen and oxygen atoms in total. The maximum atomic E-state index is 12.5. The highest BCUT2D eigenvalue weighted by Crippen LogP contribution is 2.17. The number of hydrogen-bond acceptors (Lipinski definition) is 6. The number of aromatic hydroxyl groups is 2. The summed E-state index contributed by atoms with van der Waals surface area (Å²) < 4.78 is 0. The minimum absolute atomic E-state index is 0.0568. The second-order valence-electron chi connectivity index (χ2n) is 6.89. The smallest absolute Gasteiger partial charge is 0.271 e. The largest absolute Gasteiger partial charge is 0.507 e. The molecule has 8 heteroatoms. The van der Waals surface area contributed by atoms with Crippen LogP contribution in [0.5, 0.6) is 11.5 Å². The molecule has 0 radical (unpaired) electrons. The summed E-state index contributed by atoms with van der Waals surface area (Å²) in [5, 5.41) is 27.8. The van der Waals surface area contributed by atoms with E-state index in [2.05, 4.69) is 21.1 Å². The highest BCUT2D eigenvalue weighted by atomic mass is 16.3. The minimum atomic E-state index is -0.511. The molecular formula is C24H22N4O4. The van der Waals surface area contributed by atoms with Gasteiger partial charge in [-0.15, -0.1) is 0 Å². The van der Waals surface area contributed by atoms with E-state index in [1.807, 2.05) is 0 Å². The van der Waals surface area contributed by atoms with E-state index in [4.69, 9.17) is 0 Å². The number of rotatable bonds is 6. The van der Waals surface area contributed by atoms with E-state index < -0.39 is 11.8 Å². The summed E-state index contributed by atoms with van der Waals surface area (Å²) in [5.41, 5.74) is 7.16. The van der Waals surface area contributed by atoms with Crippen LogP contribution in [-0.2, 0) is 0 Å². The maximum absolute atomic E-state index is 12.5. The molecule has 0 aliphatic heterocycles. The quantitative estimate of drug-likeness (QED) is 0.353. The van der Waals surface area contributed by atoms with Crippen LogP contribution < -0.4 is 10.9 Å². The highest BCUT2D eigenvalue weighted by Gasteiger charge is 2.11. The lowest BCUT2D eigenvalue weighted by Gasteiger charge is -2.07. The summed E-state index contributed by atoms with van der Waals surface area (Å²) in [7, 11) is 0. The summed E-state index contributed by atoms with van der Waals surface area (Å²) in [6, 6.07) is 19.4. The molecule has 0 saturated carbocycles. The van der Waals surface area contributed by atoms with Crippen molar-refractivity contribution in [2.75, 3.05) is 0 Å². The SMILES string of the molecule is C/C(=N\NC(=O)c1cccc(C(=O)N/N=C(\C)c2ccccc2O)c1)c1ccccc1O. The molecule has 32 heavy (non-hydrogen) atoms. The monoisotopic (exact) mass is 430 g/mol. The number of nitrogens with zero attached hydrogens (tertiary/aromatic N) is 2. The molecule has 3 rings (SSSR count). The predicted molar refractivity (Wildman–Crippen MR) is 122 cm³/mol. The van der Waals surface area contributed by atoms with Crippen LogP contribution in [0.4, 0.5) is 0 Å². The lowest BCUT2D eigenvalue weighted by atomic mass is 10.1. The molecule has 0 aliphatic rings. The summed E-state index contributed by atoms with van der Waals surface area (Å²) in [5.74, 6) is -0.908. The molecule has 0 fully saturated rings. The van der Waals surface area contributed by atoms with Gasteiger partial charge in [-0.3, -0.25) is 9.59 Å². The Morgan fingerprint density at radius 3 is 1.47 bits per heavy atom. The van der Waals surface area contributed by atoms with Gasteiger partial charge in [0, 0.05) is 22.3 Å². The van der Waals surface area contributed by atoms with E-state index in [1.54, 1.807) is 68.4 Å². The number of nitrogens with one attached hydrogen (secondary N) is 2. The lowest BCUT2D eigenvalue weighted by molar-refractivity contribution is 0.0954. The van der Waals surface area contributed by atoms with Gasteiger partial charge in [0.05, 0.1) is 11.4 Å². The van der Waals surface area contributed by atoms with Crippen molar-refractivity contribution < 1.29 is 19.8 Å². The third-order valence-corrected chi connectivity index (χ3v) is 4.62. The van der Waals surface area contributed by atoms with Gasteiger partial charge in [0.25, 0.3) is 11.8 Å². The molecule has 0 bridgehead atoms. The fourth-order valence-electron chi connectivity index (χ4n) is 2.88. The average Bonchev–Trinajstić information content (AvgIpc) is 2.81. The molecule has 0 aromatic heterocycles. The molecule has 0 saturated heterocycles. The van der Waals surface area contributed by atoms with E-state index in [9.17, 15) is 19.8 Å². The van der Waals surface area contributed by atoms with Gasteiger partial charge in [-0.1, -0.05) is 30.3 Å². The number of carbonyl (C=O) groups is 2. The summed E-state index contributed by atoms with van der Waals surface area (Å²) in [4.78, 5) is 24.9. The van der Waals surface area contributed by atoms with E-state index in [1.165, 1.54) is 18.2 Å². The number of phenols is 2. The topological polar surface area (TPSA) is 123 Å². The van der Waals surface area contributed by atoms with Crippen molar-refractivity contribution in [3.63, 3.8) is 0 Å². The van der Waals surface area contributed by atoms with Crippen molar-refractivity contribution in [3.05, 3.63) is 95.1 Å². The van der Waals surface area contributed by atoms with E-state index >= 15 is 0 Å². The minimum Gasteiger partial charge on any atom is -0.507 e. The number of benzene rings is 3. The normalized spacial score (nSPS) is 11.7. The number of phenolic OH excluding ortho intramolecular Hbond substituents is 2. The van der Waals surface area contributed by atoms with Crippen LogP contribution in [0.2, 0.25) is 0 Å². The van der Waals surface area contributed by atoms with Crippen molar-refractivity contribution in [2.24, 2.45) is 10.2 Å². The fraction of sp³-hybridized carbons (Fsp3) is 0.0833. The number of hydrazone groups is 2. The van der Waals surface area contributed by atoms with Crippen molar-refractivity contribution in [1.29, 1.82) is 0 Å². The first-order valence-corrected chi connectivity index (χ1v) is 9.73. The average molecular weight is 430 g/mol. The molecule has 0 spiro atoms. The highest BCUT2D eigenvalue weighted by molar-refractivity contribution is 6.04. The second kappa shape index (κ2) is 10.0. The van der Waals surface area contributed by atoms with Crippen molar-refractivity contribution in [3.8, 4) is 11.5 Å². The van der Waals surface area contributed by atoms with Gasteiger partial charge < -0.3 is 10.2 Å². The van der Waals surface area contributed by atoms with Crippen LogP contribution in [0.15, 0.2) is 83.0 Å². The summed E-state index contributed by atoms with van der Waals surface area (Å²) >= 11 is 0. The number of para-hydroxylation sites is 2. The van der Waals surface area contributed by atoms with Crippen molar-refractivity contribution >= 4 is 23.2 Å². The van der Waals surface area contributed by atoms with Crippen molar-refractivity contribution in [2.45, 2.75) is 13.8 Å². The molecule has 4 N–H and O–H groups in total. The standard InChI is InChI=1S/C24H22N4O4/c1-15(19-10-3-5-12-21(19)29)25-27-23(31)17-8-7-9-18(14-17)24(32)28-26-16(2)20-11-4-6-13-22(20)30/h3-14,29-30H,1-2H3,(H,27,31)(H,28,32)/b25-15+,26-16+. The molecule has 162 valence electrons. The van der Waals surface area contributed by atoms with E-state index in [0.29, 0.717) is 22.6 Å². The van der Waals surface area contributed by atoms with Crippen LogP contribution in [-0.4, -0.2) is 33.5 Å². The zero-order valence-corrected chi connectivity index (χ0v) is 17.5. The zero-order valence-electron chi connectivity index (χ0n) is 17.5. The first-order chi connectivity index (χ1) is 15.4. The van der Waals surface area contributed by atoms with Gasteiger partial charge in [-0.25, -0.2) is 10.9 Å². The van der Waals surface area contributed by atoms with Gasteiger partial charge in [0.15, 0.2) is 0 Å². The molecular weight excluding hydrogens is 408 g/mol. The third-order valence-electron chi connectivity index (χ3n) is 4.62. The summed E-state index contributed by atoms with van der Waals surface area (Å²) in [6.07, 6.45) is 0. The first-order valence-electron chi connectivity index (χ1n) is 9.73. The third kappa shape index (κ3) is 5.37. The number of hydrogen-bond donors (Lipinski definition) is 4. The Morgan fingerprint density at radius 2 is 1.06 bits per heavy atom. The van der Waals surface area contributed by atoms with Gasteiger partial charge in [-0.05, 0) is 56.3 Å². The summed E-state index contributed by atoms with van der Waals surface area (Å²) in [6.45, 7) is 3.31. The molecule has 0 atom stereocenters. The Labute approximate surface area is 184 Å². The molecule has 0 aliphatic carbocycles. The van der Waals surface area contributed by atoms with Crippen LogP contribution in [0.1, 0.15) is 45.7 Å². The van der Waals surface area contributed by atoms with Gasteiger partial charge in [0.1, 0.15) is 11.5 Å². The first kappa shape index (κ1) is 22.2. The second-order valence-corrected chi connectivity index (χ2v) is 6.89. The Balaban J connectivity index is 1.69. The van der Waals surface area contributed by atoms with Gasteiger partial charge >= 0.3 is 0 Å². The molecule has 3 aromatic rings. The number of amides is 2. The Bertz CT molecular complexity index is 1130. The van der Waals surface area contributed by atoms with E-state index in [-0.39, 0.29) is 22.6 Å². The Kier molecular flexibility index (Phi) is 6.97. The van der Waals surface area contributed by atoms with Crippen LogP contribution in [0.3, 0.4) is 0 Å². The van der Waals surface area contributed by atoms with Crippen LogP contribution >= 0.6 is 0 Å². The maximum Gasteiger partial charge on any atom is 0.271 e. The predicted octanol–water partition coefficient (Wildman–Crippen LogP) is 3.41. The molecule has 0 heterocycles. The zero-order chi connectivity index (χ0) is 23.1. The van der Waals surface area contributed by atoms with Gasteiger partial charge in [-0.2, -0.15) is 10.2 Å². The van der Waals surface area contributed by atoms with Crippen LogP contribution in [0, 0.1) is 0 Å². The van der Waals surface area contributed by atoms with Gasteiger partial charge in [0.2, 0.25) is 0 Å². The molecule has 0 unspecified atom stereocenters. The van der Waals surface area contributed by atoms with E-state index in [0.717, 1.165) is 0 Å².